The van der Waals surface area contributed by atoms with E-state index in [1.807, 2.05) is 0 Å². The highest BCUT2D eigenvalue weighted by molar-refractivity contribution is 7.85. The van der Waals surface area contributed by atoms with Crippen LogP contribution in [-0.2, 0) is 20.2 Å². The van der Waals surface area contributed by atoms with E-state index < -0.39 is 31.4 Å². The molecule has 0 aliphatic carbocycles. The van der Waals surface area contributed by atoms with Gasteiger partial charge < -0.3 is 10.2 Å². The van der Waals surface area contributed by atoms with Crippen molar-refractivity contribution in [2.75, 3.05) is 12.5 Å². The van der Waals surface area contributed by atoms with Gasteiger partial charge in [0.25, 0.3) is 20.2 Å². The Morgan fingerprint density at radius 3 is 0.909 bits per heavy atom. The maximum Gasteiger partial charge on any atom is 0.261 e. The Hall–Kier alpha value is -1.14. The Morgan fingerprint density at radius 1 is 0.682 bits per heavy atom. The molecule has 0 bridgehead atoms. The minimum absolute atomic E-state index is 0.715. The van der Waals surface area contributed by atoms with E-state index in [0.29, 0.717) is 12.5 Å². The molecule has 8 nitrogen and oxygen atoms in total. The second kappa shape index (κ2) is 9.79. The maximum absolute atomic E-state index is 9.19. The number of hydrogen-bond acceptors (Lipinski definition) is 6. The summed E-state index contributed by atoms with van der Waals surface area (Å²) in [6.45, 7) is 6.30. The molecular formula is C12H22O8S2. The van der Waals surface area contributed by atoms with Gasteiger partial charge in [-0.05, 0) is 39.5 Å². The molecule has 4 N–H and O–H groups in total. The quantitative estimate of drug-likeness (QED) is 0.336. The topological polar surface area (TPSA) is 149 Å². The summed E-state index contributed by atoms with van der Waals surface area (Å²) in [7, 11) is -7.33. The second-order valence-corrected chi connectivity index (χ2v) is 8.02. The first-order chi connectivity index (χ1) is 9.21. The van der Waals surface area contributed by atoms with E-state index in [1.165, 1.54) is 0 Å². The van der Waals surface area contributed by atoms with Crippen molar-refractivity contribution in [2.45, 2.75) is 38.9 Å². The molecule has 0 saturated heterocycles. The molecule has 130 valence electrons. The molecule has 0 radical (unpaired) electrons. The van der Waals surface area contributed by atoms with Crippen LogP contribution in [0.1, 0.15) is 27.7 Å². The lowest BCUT2D eigenvalue weighted by atomic mass is 10.1. The average molecular weight is 358 g/mol. The summed E-state index contributed by atoms with van der Waals surface area (Å²) >= 11 is 0. The maximum atomic E-state index is 9.19. The molecule has 0 rings (SSSR count). The lowest BCUT2D eigenvalue weighted by Gasteiger charge is -2.05. The molecule has 0 spiro atoms. The minimum atomic E-state index is -3.67. The van der Waals surface area contributed by atoms with E-state index in [0.717, 1.165) is 0 Å². The van der Waals surface area contributed by atoms with Crippen LogP contribution in [0.25, 0.3) is 0 Å². The smallest absolute Gasteiger partial charge is 0.261 e. The lowest BCUT2D eigenvalue weighted by molar-refractivity contribution is 0.142. The van der Waals surface area contributed by atoms with Gasteiger partial charge in [-0.25, -0.2) is 0 Å². The summed E-state index contributed by atoms with van der Waals surface area (Å²) in [6.07, 6.45) is 1.43. The first-order valence-electron chi connectivity index (χ1n) is 5.55. The van der Waals surface area contributed by atoms with Crippen LogP contribution in [0.15, 0.2) is 0 Å². The normalized spacial score (nSPS) is 11.2. The van der Waals surface area contributed by atoms with Gasteiger partial charge in [0.1, 0.15) is 11.2 Å². The highest BCUT2D eigenvalue weighted by Gasteiger charge is 2.06. The van der Waals surface area contributed by atoms with E-state index >= 15 is 0 Å². The molecule has 0 aliphatic rings. The third-order valence-electron chi connectivity index (χ3n) is 0.799. The molecule has 0 atom stereocenters. The summed E-state index contributed by atoms with van der Waals surface area (Å²) in [6, 6.07) is 0. The van der Waals surface area contributed by atoms with Crippen LogP contribution in [0.5, 0.6) is 0 Å². The molecule has 0 heterocycles. The Kier molecular flexibility index (Phi) is 11.5. The fourth-order valence-electron chi connectivity index (χ4n) is 0.368. The van der Waals surface area contributed by atoms with Gasteiger partial charge >= 0.3 is 0 Å². The predicted molar refractivity (Wildman–Crippen MR) is 83.1 cm³/mol. The first kappa shape index (κ1) is 25.8. The van der Waals surface area contributed by atoms with Gasteiger partial charge in [-0.15, -0.1) is 0 Å². The third-order valence-corrected chi connectivity index (χ3v) is 0.799. The minimum Gasteiger partial charge on any atom is -0.378 e. The van der Waals surface area contributed by atoms with Crippen molar-refractivity contribution in [3.63, 3.8) is 0 Å². The first-order valence-corrected chi connectivity index (χ1v) is 9.24. The van der Waals surface area contributed by atoms with Crippen molar-refractivity contribution in [3.05, 3.63) is 0 Å². The van der Waals surface area contributed by atoms with Gasteiger partial charge in [-0.2, -0.15) is 16.8 Å². The second-order valence-electron chi connectivity index (χ2n) is 5.08. The van der Waals surface area contributed by atoms with Gasteiger partial charge in [0.15, 0.2) is 0 Å². The Bertz CT molecular complexity index is 562. The zero-order valence-corrected chi connectivity index (χ0v) is 14.9. The highest BCUT2D eigenvalue weighted by atomic mass is 32.2. The van der Waals surface area contributed by atoms with Gasteiger partial charge in [0.2, 0.25) is 0 Å². The molecule has 0 aromatic rings. The van der Waals surface area contributed by atoms with Crippen LogP contribution < -0.4 is 0 Å². The predicted octanol–water partition coefficient (Wildman–Crippen LogP) is -0.457. The van der Waals surface area contributed by atoms with Crippen molar-refractivity contribution in [2.24, 2.45) is 0 Å². The lowest BCUT2D eigenvalue weighted by Crippen LogP contribution is -2.15. The average Bonchev–Trinajstić information content (AvgIpc) is 2.03. The SMILES string of the molecule is CC(C)(O)C#CC#CC(C)(C)O.CS(=O)(=O)O.CS(=O)(=O)O. The monoisotopic (exact) mass is 358 g/mol. The fourth-order valence-corrected chi connectivity index (χ4v) is 0.368. The number of aliphatic hydroxyl groups is 2. The molecule has 22 heavy (non-hydrogen) atoms. The molecule has 0 fully saturated rings. The van der Waals surface area contributed by atoms with Crippen LogP contribution in [0, 0.1) is 23.7 Å². The van der Waals surface area contributed by atoms with Crippen LogP contribution in [0.4, 0.5) is 0 Å². The molecule has 0 unspecified atom stereocenters. The summed E-state index contributed by atoms with van der Waals surface area (Å²) in [4.78, 5) is 0. The summed E-state index contributed by atoms with van der Waals surface area (Å²) < 4.78 is 51.7. The van der Waals surface area contributed by atoms with E-state index in [2.05, 4.69) is 23.7 Å². The van der Waals surface area contributed by atoms with E-state index in [9.17, 15) is 16.8 Å². The Labute approximate surface area is 132 Å². The Balaban J connectivity index is -0.000000298. The number of hydrogen-bond donors (Lipinski definition) is 4. The molecule has 0 aromatic carbocycles. The van der Waals surface area contributed by atoms with Crippen molar-refractivity contribution in [3.8, 4) is 23.7 Å². The van der Waals surface area contributed by atoms with Crippen molar-refractivity contribution in [1.82, 2.24) is 0 Å². The van der Waals surface area contributed by atoms with Crippen LogP contribution >= 0.6 is 0 Å². The summed E-state index contributed by atoms with van der Waals surface area (Å²) in [5.74, 6) is 9.95. The fraction of sp³-hybridized carbons (Fsp3) is 0.667. The van der Waals surface area contributed by atoms with E-state index in [4.69, 9.17) is 19.3 Å². The van der Waals surface area contributed by atoms with Crippen molar-refractivity contribution >= 4 is 20.2 Å². The summed E-state index contributed by atoms with van der Waals surface area (Å²) in [5, 5.41) is 18.3. The molecule has 0 amide bonds. The molecule has 0 aromatic heterocycles. The van der Waals surface area contributed by atoms with Crippen molar-refractivity contribution < 1.29 is 36.2 Å². The van der Waals surface area contributed by atoms with E-state index in [-0.39, 0.29) is 0 Å². The third kappa shape index (κ3) is 97.4. The van der Waals surface area contributed by atoms with Gasteiger partial charge in [0, 0.05) is 0 Å². The van der Waals surface area contributed by atoms with Crippen LogP contribution in [-0.4, -0.2) is 59.9 Å². The Morgan fingerprint density at radius 2 is 0.818 bits per heavy atom. The van der Waals surface area contributed by atoms with Crippen molar-refractivity contribution in [1.29, 1.82) is 0 Å². The molecule has 10 heteroatoms. The molecule has 0 saturated carbocycles. The number of rotatable bonds is 0. The van der Waals surface area contributed by atoms with Crippen LogP contribution in [0.2, 0.25) is 0 Å². The highest BCUT2D eigenvalue weighted by Crippen LogP contribution is 1.97. The van der Waals surface area contributed by atoms with E-state index in [1.54, 1.807) is 27.7 Å². The molecule has 0 aliphatic heterocycles. The summed E-state index contributed by atoms with van der Waals surface area (Å²) in [5.41, 5.74) is -2.04. The van der Waals surface area contributed by atoms with Gasteiger partial charge in [-0.1, -0.05) is 11.8 Å². The van der Waals surface area contributed by atoms with Gasteiger partial charge in [0.05, 0.1) is 12.5 Å². The van der Waals surface area contributed by atoms with Crippen LogP contribution in [0.3, 0.4) is 0 Å². The molecular weight excluding hydrogens is 336 g/mol. The largest absolute Gasteiger partial charge is 0.378 e. The zero-order valence-electron chi connectivity index (χ0n) is 13.2. The zero-order chi connectivity index (χ0) is 18.8. The van der Waals surface area contributed by atoms with Gasteiger partial charge in [-0.3, -0.25) is 9.11 Å². The standard InChI is InChI=1S/C10H14O2.2CH4O3S/c1-9(2,11)7-5-6-8-10(3,4)12;2*1-5(2,3)4/h11-12H,1-4H3;2*1H3,(H,2,3,4).